The summed E-state index contributed by atoms with van der Waals surface area (Å²) in [5.41, 5.74) is 2.70. The molecular weight excluding hydrogens is 152 g/mol. The summed E-state index contributed by atoms with van der Waals surface area (Å²) in [6.45, 7) is 8.69. The van der Waals surface area contributed by atoms with Crippen molar-refractivity contribution in [2.24, 2.45) is 5.92 Å². The Hall–Kier alpha value is -0.170. The van der Waals surface area contributed by atoms with Gasteiger partial charge in [-0.15, -0.1) is 0 Å². The highest BCUT2D eigenvalue weighted by molar-refractivity contribution is 7.83. The molecule has 0 spiro atoms. The van der Waals surface area contributed by atoms with Gasteiger partial charge in [-0.05, 0) is 35.8 Å². The van der Waals surface area contributed by atoms with Crippen LogP contribution in [0.15, 0.2) is 22.6 Å². The molecule has 0 atom stereocenters. The van der Waals surface area contributed by atoms with Gasteiger partial charge in [-0.1, -0.05) is 26.8 Å². The van der Waals surface area contributed by atoms with Crippen LogP contribution >= 0.6 is 12.6 Å². The lowest BCUT2D eigenvalue weighted by molar-refractivity contribution is 0.772. The maximum atomic E-state index is 4.14. The van der Waals surface area contributed by atoms with Crippen LogP contribution in [0, 0.1) is 5.92 Å². The third-order valence-corrected chi connectivity index (χ3v) is 2.08. The summed E-state index contributed by atoms with van der Waals surface area (Å²) >= 11 is 4.14. The first-order valence-electron chi connectivity index (χ1n) is 4.14. The minimum absolute atomic E-state index is 0.610. The van der Waals surface area contributed by atoms with Crippen LogP contribution in [-0.2, 0) is 0 Å². The third kappa shape index (κ3) is 3.66. The molecule has 64 valence electrons. The van der Waals surface area contributed by atoms with Crippen molar-refractivity contribution in [3.63, 3.8) is 0 Å². The maximum absolute atomic E-state index is 4.14. The number of hydrogen-bond acceptors (Lipinski definition) is 1. The standard InChI is InChI=1S/C10H18S/c1-5-6-10(8(2)3)9(4)7-11/h6-8,11H,5H2,1-4H3/b9-7-,10-6-. The van der Waals surface area contributed by atoms with E-state index >= 15 is 0 Å². The minimum atomic E-state index is 0.610. The Labute approximate surface area is 75.8 Å². The lowest BCUT2D eigenvalue weighted by Gasteiger charge is -2.10. The lowest BCUT2D eigenvalue weighted by Crippen LogP contribution is -1.94. The summed E-state index contributed by atoms with van der Waals surface area (Å²) in [6, 6.07) is 0. The molecule has 0 N–H and O–H groups in total. The Kier molecular flexibility index (Phi) is 5.39. The Morgan fingerprint density at radius 3 is 2.27 bits per heavy atom. The molecule has 0 heterocycles. The molecular formula is C10H18S. The summed E-state index contributed by atoms with van der Waals surface area (Å²) < 4.78 is 0. The lowest BCUT2D eigenvalue weighted by atomic mass is 9.96. The molecule has 0 unspecified atom stereocenters. The second kappa shape index (κ2) is 5.48. The fraction of sp³-hybridized carbons (Fsp3) is 0.600. The first-order valence-corrected chi connectivity index (χ1v) is 4.66. The second-order valence-electron chi connectivity index (χ2n) is 3.03. The maximum Gasteiger partial charge on any atom is -0.0219 e. The van der Waals surface area contributed by atoms with Gasteiger partial charge in [-0.2, -0.15) is 12.6 Å². The SMILES string of the molecule is CC/C=C(\C(C)=C/S)C(C)C. The molecule has 0 aliphatic rings. The molecule has 0 bridgehead atoms. The quantitative estimate of drug-likeness (QED) is 0.483. The highest BCUT2D eigenvalue weighted by atomic mass is 32.1. The molecule has 0 rings (SSSR count). The van der Waals surface area contributed by atoms with Gasteiger partial charge in [0.1, 0.15) is 0 Å². The summed E-state index contributed by atoms with van der Waals surface area (Å²) in [7, 11) is 0. The van der Waals surface area contributed by atoms with Crippen molar-refractivity contribution >= 4 is 12.6 Å². The van der Waals surface area contributed by atoms with Crippen LogP contribution in [0.4, 0.5) is 0 Å². The molecule has 0 aliphatic heterocycles. The molecule has 0 amide bonds. The summed E-state index contributed by atoms with van der Waals surface area (Å²) in [5, 5.41) is 1.88. The Morgan fingerprint density at radius 1 is 1.45 bits per heavy atom. The molecule has 0 aromatic heterocycles. The molecule has 0 saturated carbocycles. The largest absolute Gasteiger partial charge is 0.151 e. The van der Waals surface area contributed by atoms with E-state index in [0.717, 1.165) is 6.42 Å². The predicted molar refractivity (Wildman–Crippen MR) is 56.0 cm³/mol. The highest BCUT2D eigenvalue weighted by Crippen LogP contribution is 2.19. The van der Waals surface area contributed by atoms with E-state index in [1.54, 1.807) is 0 Å². The van der Waals surface area contributed by atoms with E-state index in [1.807, 2.05) is 5.41 Å². The van der Waals surface area contributed by atoms with Crippen LogP contribution in [0.1, 0.15) is 34.1 Å². The van der Waals surface area contributed by atoms with Crippen LogP contribution in [0.3, 0.4) is 0 Å². The zero-order valence-electron chi connectivity index (χ0n) is 7.89. The smallest absolute Gasteiger partial charge is 0.0219 e. The molecule has 0 saturated heterocycles. The van der Waals surface area contributed by atoms with Crippen molar-refractivity contribution in [1.82, 2.24) is 0 Å². The topological polar surface area (TPSA) is 0 Å². The van der Waals surface area contributed by atoms with E-state index < -0.39 is 0 Å². The summed E-state index contributed by atoms with van der Waals surface area (Å²) in [6.07, 6.45) is 3.37. The van der Waals surface area contributed by atoms with Gasteiger partial charge in [0, 0.05) is 0 Å². The molecule has 0 aromatic carbocycles. The normalized spacial score (nSPS) is 14.4. The number of allylic oxidation sites excluding steroid dienone is 3. The van der Waals surface area contributed by atoms with E-state index in [1.165, 1.54) is 11.1 Å². The van der Waals surface area contributed by atoms with Crippen molar-refractivity contribution < 1.29 is 0 Å². The molecule has 11 heavy (non-hydrogen) atoms. The van der Waals surface area contributed by atoms with Crippen molar-refractivity contribution in [3.8, 4) is 0 Å². The van der Waals surface area contributed by atoms with Gasteiger partial charge in [0.05, 0.1) is 0 Å². The Balaban J connectivity index is 4.48. The molecule has 0 radical (unpaired) electrons. The molecule has 0 nitrogen and oxygen atoms in total. The monoisotopic (exact) mass is 170 g/mol. The van der Waals surface area contributed by atoms with Crippen molar-refractivity contribution in [2.75, 3.05) is 0 Å². The molecule has 1 heteroatoms. The van der Waals surface area contributed by atoms with E-state index in [-0.39, 0.29) is 0 Å². The van der Waals surface area contributed by atoms with E-state index in [0.29, 0.717) is 5.92 Å². The third-order valence-electron chi connectivity index (χ3n) is 1.70. The summed E-state index contributed by atoms with van der Waals surface area (Å²) in [5.74, 6) is 0.610. The number of hydrogen-bond donors (Lipinski definition) is 1. The average molecular weight is 170 g/mol. The van der Waals surface area contributed by atoms with E-state index in [4.69, 9.17) is 0 Å². The fourth-order valence-corrected chi connectivity index (χ4v) is 1.30. The van der Waals surface area contributed by atoms with Crippen LogP contribution in [0.2, 0.25) is 0 Å². The zero-order valence-corrected chi connectivity index (χ0v) is 8.78. The molecule has 0 fully saturated rings. The van der Waals surface area contributed by atoms with Gasteiger partial charge in [-0.25, -0.2) is 0 Å². The van der Waals surface area contributed by atoms with Crippen LogP contribution < -0.4 is 0 Å². The van der Waals surface area contributed by atoms with Gasteiger partial charge in [-0.3, -0.25) is 0 Å². The van der Waals surface area contributed by atoms with E-state index in [2.05, 4.69) is 46.4 Å². The van der Waals surface area contributed by atoms with Gasteiger partial charge < -0.3 is 0 Å². The van der Waals surface area contributed by atoms with Crippen molar-refractivity contribution in [3.05, 3.63) is 22.6 Å². The first kappa shape index (κ1) is 10.8. The van der Waals surface area contributed by atoms with E-state index in [9.17, 15) is 0 Å². The van der Waals surface area contributed by atoms with Gasteiger partial charge >= 0.3 is 0 Å². The van der Waals surface area contributed by atoms with Gasteiger partial charge in [0.25, 0.3) is 0 Å². The Bertz CT molecular complexity index is 164. The number of thiol groups is 1. The minimum Gasteiger partial charge on any atom is -0.151 e. The zero-order chi connectivity index (χ0) is 8.85. The summed E-state index contributed by atoms with van der Waals surface area (Å²) in [4.78, 5) is 0. The Morgan fingerprint density at radius 2 is 2.00 bits per heavy atom. The van der Waals surface area contributed by atoms with Crippen molar-refractivity contribution in [2.45, 2.75) is 34.1 Å². The van der Waals surface area contributed by atoms with Crippen LogP contribution in [0.5, 0.6) is 0 Å². The van der Waals surface area contributed by atoms with Crippen LogP contribution in [0.25, 0.3) is 0 Å². The van der Waals surface area contributed by atoms with Crippen molar-refractivity contribution in [1.29, 1.82) is 0 Å². The highest BCUT2D eigenvalue weighted by Gasteiger charge is 2.02. The number of rotatable bonds is 3. The molecule has 0 aliphatic carbocycles. The first-order chi connectivity index (χ1) is 5.13. The van der Waals surface area contributed by atoms with Crippen LogP contribution in [-0.4, -0.2) is 0 Å². The molecule has 0 aromatic rings. The predicted octanol–water partition coefficient (Wildman–Crippen LogP) is 3.81. The van der Waals surface area contributed by atoms with Gasteiger partial charge in [0.15, 0.2) is 0 Å². The average Bonchev–Trinajstić information content (AvgIpc) is 1.98. The van der Waals surface area contributed by atoms with Gasteiger partial charge in [0.2, 0.25) is 0 Å². The second-order valence-corrected chi connectivity index (χ2v) is 3.29. The fourth-order valence-electron chi connectivity index (χ4n) is 1.15.